The van der Waals surface area contributed by atoms with Crippen LogP contribution in [0.1, 0.15) is 63.6 Å². The topological polar surface area (TPSA) is 89.5 Å². The molecule has 0 spiro atoms. The van der Waals surface area contributed by atoms with E-state index in [2.05, 4.69) is 26.6 Å². The lowest BCUT2D eigenvalue weighted by molar-refractivity contribution is -0.136. The second-order valence-electron chi connectivity index (χ2n) is 9.90. The average Bonchev–Trinajstić information content (AvgIpc) is 3.30. The number of alkyl halides is 3. The molecule has 11 heteroatoms. The number of nitrogens with one attached hydrogen (secondary N) is 1. The molecule has 2 aliphatic rings. The van der Waals surface area contributed by atoms with Crippen LogP contribution in [0.15, 0.2) is 24.7 Å². The zero-order chi connectivity index (χ0) is 24.1. The van der Waals surface area contributed by atoms with Crippen LogP contribution < -0.4 is 5.32 Å². The molecule has 1 aliphatic heterocycles. The molecule has 8 nitrogen and oxygen atoms in total. The zero-order valence-electron chi connectivity index (χ0n) is 19.2. The minimum absolute atomic E-state index is 0.151. The minimum Gasteiger partial charge on any atom is -0.390 e. The van der Waals surface area contributed by atoms with Crippen LogP contribution in [0, 0.1) is 0 Å². The van der Waals surface area contributed by atoms with E-state index >= 15 is 0 Å². The smallest absolute Gasteiger partial charge is 0.390 e. The number of aromatic nitrogens is 5. The first-order valence-corrected chi connectivity index (χ1v) is 11.6. The number of aliphatic hydroxyl groups is 1. The van der Waals surface area contributed by atoms with Crippen LogP contribution in [0.2, 0.25) is 0 Å². The van der Waals surface area contributed by atoms with E-state index in [0.29, 0.717) is 26.1 Å². The lowest BCUT2D eigenvalue weighted by Gasteiger charge is -2.32. The van der Waals surface area contributed by atoms with E-state index in [1.807, 2.05) is 17.8 Å². The fourth-order valence-corrected chi connectivity index (χ4v) is 4.81. The molecule has 1 saturated carbocycles. The molecule has 3 aromatic rings. The summed E-state index contributed by atoms with van der Waals surface area (Å²) >= 11 is 0. The van der Waals surface area contributed by atoms with Gasteiger partial charge in [0.25, 0.3) is 0 Å². The van der Waals surface area contributed by atoms with Gasteiger partial charge in [-0.25, -0.2) is 9.50 Å². The van der Waals surface area contributed by atoms with E-state index in [9.17, 15) is 18.3 Å². The second-order valence-corrected chi connectivity index (χ2v) is 9.90. The van der Waals surface area contributed by atoms with Gasteiger partial charge in [-0.3, -0.25) is 4.68 Å². The third kappa shape index (κ3) is 4.76. The maximum absolute atomic E-state index is 12.8. The monoisotopic (exact) mass is 478 g/mol. The summed E-state index contributed by atoms with van der Waals surface area (Å²) in [5.41, 5.74) is 2.91. The molecule has 4 heterocycles. The molecule has 0 bridgehead atoms. The van der Waals surface area contributed by atoms with Crippen molar-refractivity contribution in [3.8, 4) is 11.1 Å². The van der Waals surface area contributed by atoms with Crippen molar-refractivity contribution in [1.29, 1.82) is 0 Å². The molecular formula is C23H29F3N6O2. The number of hydrogen-bond donors (Lipinski definition) is 2. The molecule has 0 unspecified atom stereocenters. The summed E-state index contributed by atoms with van der Waals surface area (Å²) in [4.78, 5) is 4.32. The molecule has 3 aromatic heterocycles. The Hall–Kier alpha value is -2.66. The molecule has 2 fully saturated rings. The van der Waals surface area contributed by atoms with Gasteiger partial charge in [-0.15, -0.1) is 5.10 Å². The zero-order valence-corrected chi connectivity index (χ0v) is 19.2. The van der Waals surface area contributed by atoms with Gasteiger partial charge in [0.05, 0.1) is 49.2 Å². The van der Waals surface area contributed by atoms with E-state index in [1.165, 1.54) is 6.92 Å². The van der Waals surface area contributed by atoms with E-state index in [1.54, 1.807) is 16.9 Å². The number of fused-ring (bicyclic) bond motifs is 1. The Morgan fingerprint density at radius 3 is 2.65 bits per heavy atom. The van der Waals surface area contributed by atoms with Crippen LogP contribution in [-0.4, -0.2) is 60.5 Å². The molecule has 5 rings (SSSR count). The fourth-order valence-electron chi connectivity index (χ4n) is 4.81. The van der Waals surface area contributed by atoms with Crippen LogP contribution in [0.3, 0.4) is 0 Å². The van der Waals surface area contributed by atoms with Crippen molar-refractivity contribution >= 4 is 11.5 Å². The predicted octanol–water partition coefficient (Wildman–Crippen LogP) is 4.33. The van der Waals surface area contributed by atoms with Crippen LogP contribution >= 0.6 is 0 Å². The highest BCUT2D eigenvalue weighted by atomic mass is 19.4. The first-order valence-electron chi connectivity index (χ1n) is 11.6. The van der Waals surface area contributed by atoms with E-state index in [0.717, 1.165) is 35.2 Å². The van der Waals surface area contributed by atoms with Gasteiger partial charge < -0.3 is 15.2 Å². The minimum atomic E-state index is -4.27. The molecule has 1 saturated heterocycles. The van der Waals surface area contributed by atoms with E-state index < -0.39 is 24.2 Å². The predicted molar refractivity (Wildman–Crippen MR) is 120 cm³/mol. The molecule has 184 valence electrons. The summed E-state index contributed by atoms with van der Waals surface area (Å²) in [6.45, 7) is 4.60. The molecule has 0 radical (unpaired) electrons. The largest absolute Gasteiger partial charge is 0.391 e. The van der Waals surface area contributed by atoms with Gasteiger partial charge in [-0.2, -0.15) is 18.3 Å². The van der Waals surface area contributed by atoms with Gasteiger partial charge in [0.1, 0.15) is 0 Å². The number of halogens is 3. The molecule has 1 aliphatic carbocycles. The van der Waals surface area contributed by atoms with Gasteiger partial charge in [-0.1, -0.05) is 0 Å². The highest BCUT2D eigenvalue weighted by Crippen LogP contribution is 2.40. The van der Waals surface area contributed by atoms with Gasteiger partial charge in [0.15, 0.2) is 0 Å². The van der Waals surface area contributed by atoms with E-state index in [-0.39, 0.29) is 17.9 Å². The van der Waals surface area contributed by atoms with Crippen molar-refractivity contribution < 1.29 is 23.0 Å². The summed E-state index contributed by atoms with van der Waals surface area (Å²) in [5.74, 6) is 0.324. The highest BCUT2D eigenvalue weighted by molar-refractivity contribution is 5.81. The maximum Gasteiger partial charge on any atom is 0.391 e. The molecule has 0 amide bonds. The quantitative estimate of drug-likeness (QED) is 0.548. The number of rotatable bonds is 6. The summed E-state index contributed by atoms with van der Waals surface area (Å²) in [6, 6.07) is 1.45. The Morgan fingerprint density at radius 1 is 1.26 bits per heavy atom. The SMILES string of the molecule is C[C@@H](CC(F)(F)F)Nc1ncc2c(-c3cnn(C4COC4)c3)cc([C@H]3CC[C@@](C)(O)CC3)n2n1. The van der Waals surface area contributed by atoms with Crippen molar-refractivity contribution in [3.05, 3.63) is 30.4 Å². The van der Waals surface area contributed by atoms with Gasteiger partial charge in [0.2, 0.25) is 5.95 Å². The third-order valence-electron chi connectivity index (χ3n) is 6.85. The van der Waals surface area contributed by atoms with E-state index in [4.69, 9.17) is 4.74 Å². The number of ether oxygens (including phenoxy) is 1. The molecule has 1 atom stereocenters. The summed E-state index contributed by atoms with van der Waals surface area (Å²) < 4.78 is 47.3. The van der Waals surface area contributed by atoms with Crippen LogP contribution in [-0.2, 0) is 4.74 Å². The maximum atomic E-state index is 12.8. The summed E-state index contributed by atoms with van der Waals surface area (Å²) in [7, 11) is 0. The van der Waals surface area contributed by atoms with Crippen LogP contribution in [0.4, 0.5) is 19.1 Å². The average molecular weight is 479 g/mol. The van der Waals surface area contributed by atoms with Crippen molar-refractivity contribution in [2.24, 2.45) is 0 Å². The Morgan fingerprint density at radius 2 is 2.00 bits per heavy atom. The van der Waals surface area contributed by atoms with Gasteiger partial charge in [-0.05, 0) is 45.6 Å². The Bertz CT molecular complexity index is 1160. The van der Waals surface area contributed by atoms with Crippen molar-refractivity contribution in [2.75, 3.05) is 18.5 Å². The summed E-state index contributed by atoms with van der Waals surface area (Å²) in [6.07, 6.45) is 3.15. The summed E-state index contributed by atoms with van der Waals surface area (Å²) in [5, 5.41) is 22.3. The molecule has 0 aromatic carbocycles. The molecular weight excluding hydrogens is 449 g/mol. The first-order chi connectivity index (χ1) is 16.1. The van der Waals surface area contributed by atoms with Crippen molar-refractivity contribution in [1.82, 2.24) is 24.4 Å². The number of nitrogens with zero attached hydrogens (tertiary/aromatic N) is 5. The normalized spacial score (nSPS) is 24.8. The lowest BCUT2D eigenvalue weighted by atomic mass is 9.78. The lowest BCUT2D eigenvalue weighted by Crippen LogP contribution is -2.30. The molecule has 2 N–H and O–H groups in total. The van der Waals surface area contributed by atoms with Crippen molar-refractivity contribution in [3.63, 3.8) is 0 Å². The number of anilines is 1. The van der Waals surface area contributed by atoms with Gasteiger partial charge in [0, 0.05) is 35.0 Å². The first kappa shape index (κ1) is 23.1. The van der Waals surface area contributed by atoms with Gasteiger partial charge >= 0.3 is 6.18 Å². The standard InChI is InChI=1S/C23H29F3N6O2/c1-14(8-23(24,25)26)29-21-27-10-20-18(16-9-28-31(11-16)17-12-34-13-17)7-19(32(20)30-21)15-3-5-22(2,33)6-4-15/h7,9-11,14-15,17,33H,3-6,8,12-13H2,1-2H3,(H,29,30)/t14-,15-,22+/m0/s1. The van der Waals surface area contributed by atoms with Crippen molar-refractivity contribution in [2.45, 2.75) is 75.7 Å². The molecule has 34 heavy (non-hydrogen) atoms. The fraction of sp³-hybridized carbons (Fsp3) is 0.609. The van der Waals surface area contributed by atoms with Crippen LogP contribution in [0.25, 0.3) is 16.6 Å². The third-order valence-corrected chi connectivity index (χ3v) is 6.85. The van der Waals surface area contributed by atoms with Crippen LogP contribution in [0.5, 0.6) is 0 Å². The highest BCUT2D eigenvalue weighted by Gasteiger charge is 2.33. The second kappa shape index (κ2) is 8.53. The number of hydrogen-bond acceptors (Lipinski definition) is 6. The Kier molecular flexibility index (Phi) is 5.79. The Labute approximate surface area is 195 Å². The Balaban J connectivity index is 1.50.